The van der Waals surface area contributed by atoms with Crippen LogP contribution in [0.3, 0.4) is 0 Å². The van der Waals surface area contributed by atoms with Crippen LogP contribution in [0.1, 0.15) is 0 Å². The molecule has 0 unspecified atom stereocenters. The van der Waals surface area contributed by atoms with Crippen molar-refractivity contribution in [2.75, 3.05) is 11.9 Å². The third kappa shape index (κ3) is 2.39. The van der Waals surface area contributed by atoms with Crippen LogP contribution in [0, 0.1) is 5.82 Å². The Balaban J connectivity index is 1.95. The Hall–Kier alpha value is -2.08. The summed E-state index contributed by atoms with van der Waals surface area (Å²) >= 11 is 1.41. The second-order valence-electron chi connectivity index (χ2n) is 4.00. The molecule has 0 spiro atoms. The molecule has 19 heavy (non-hydrogen) atoms. The van der Waals surface area contributed by atoms with Gasteiger partial charge >= 0.3 is 0 Å². The lowest BCUT2D eigenvalue weighted by molar-refractivity contribution is 0.627. The number of nitrogens with one attached hydrogen (secondary N) is 1. The molecule has 1 N–H and O–H groups in total. The van der Waals surface area contributed by atoms with E-state index >= 15 is 0 Å². The highest BCUT2D eigenvalue weighted by atomic mass is 32.2. The highest BCUT2D eigenvalue weighted by molar-refractivity contribution is 7.98. The van der Waals surface area contributed by atoms with Crippen LogP contribution in [0.25, 0.3) is 0 Å². The first kappa shape index (κ1) is 12.0. The summed E-state index contributed by atoms with van der Waals surface area (Å²) in [5, 5.41) is 0. The summed E-state index contributed by atoms with van der Waals surface area (Å²) in [6.07, 6.45) is 1.72. The second-order valence-corrected chi connectivity index (χ2v) is 4.85. The van der Waals surface area contributed by atoms with Gasteiger partial charge in [-0.15, -0.1) is 0 Å². The molecular formula is C13H11FN4S. The van der Waals surface area contributed by atoms with E-state index < -0.39 is 0 Å². The summed E-state index contributed by atoms with van der Waals surface area (Å²) < 4.78 is 16.3. The molecule has 1 aliphatic rings. The molecular weight excluding hydrogens is 263 g/mol. The summed E-state index contributed by atoms with van der Waals surface area (Å²) in [7, 11) is 1.86. The largest absolute Gasteiger partial charge is 0.299 e. The fourth-order valence-electron chi connectivity index (χ4n) is 1.71. The number of pyridine rings is 1. The van der Waals surface area contributed by atoms with E-state index in [9.17, 15) is 4.39 Å². The number of hydrogen-bond acceptors (Lipinski definition) is 5. The lowest BCUT2D eigenvalue weighted by Crippen LogP contribution is -2.36. The van der Waals surface area contributed by atoms with Crippen LogP contribution < -0.4 is 9.62 Å². The predicted molar refractivity (Wildman–Crippen MR) is 75.1 cm³/mol. The standard InChI is InChI=1S/C13H11FN4S/c1-18(12-4-2-3-7-15-12)13-16-10-8-9(14)5-6-11(10)19-17-13/h2-8H,1H3,(H,16,17). The van der Waals surface area contributed by atoms with E-state index in [4.69, 9.17) is 0 Å². The molecule has 0 saturated heterocycles. The van der Waals surface area contributed by atoms with E-state index in [1.54, 1.807) is 12.3 Å². The van der Waals surface area contributed by atoms with Crippen LogP contribution in [0.5, 0.6) is 0 Å². The first-order valence-corrected chi connectivity index (χ1v) is 6.51. The van der Waals surface area contributed by atoms with Gasteiger partial charge in [0.05, 0.1) is 10.6 Å². The molecule has 0 bridgehead atoms. The number of halogens is 1. The monoisotopic (exact) mass is 274 g/mol. The highest BCUT2D eigenvalue weighted by Crippen LogP contribution is 2.32. The average molecular weight is 274 g/mol. The third-order valence-corrected chi connectivity index (χ3v) is 3.56. The topological polar surface area (TPSA) is 40.5 Å². The van der Waals surface area contributed by atoms with Crippen LogP contribution in [-0.4, -0.2) is 18.0 Å². The maximum atomic E-state index is 13.2. The van der Waals surface area contributed by atoms with Crippen molar-refractivity contribution in [1.29, 1.82) is 0 Å². The summed E-state index contributed by atoms with van der Waals surface area (Å²) in [5.41, 5.74) is 0.626. The number of anilines is 1. The van der Waals surface area contributed by atoms with E-state index in [0.717, 1.165) is 10.7 Å². The van der Waals surface area contributed by atoms with Crippen molar-refractivity contribution >= 4 is 29.4 Å². The molecule has 0 aliphatic carbocycles. The Morgan fingerprint density at radius 2 is 2.16 bits per heavy atom. The minimum Gasteiger partial charge on any atom is -0.299 e. The zero-order valence-electron chi connectivity index (χ0n) is 10.2. The normalized spacial score (nSPS) is 13.3. The summed E-state index contributed by atoms with van der Waals surface area (Å²) in [6, 6.07) is 10.2. The fraction of sp³-hybridized carbons (Fsp3) is 0.0769. The van der Waals surface area contributed by atoms with Crippen molar-refractivity contribution in [3.05, 3.63) is 48.4 Å². The van der Waals surface area contributed by atoms with E-state index in [0.29, 0.717) is 11.6 Å². The average Bonchev–Trinajstić information content (AvgIpc) is 2.46. The maximum absolute atomic E-state index is 13.2. The summed E-state index contributed by atoms with van der Waals surface area (Å²) in [5.74, 6) is 1.11. The van der Waals surface area contributed by atoms with Crippen LogP contribution in [0.4, 0.5) is 15.9 Å². The lowest BCUT2D eigenvalue weighted by atomic mass is 10.3. The molecule has 6 heteroatoms. The van der Waals surface area contributed by atoms with Crippen LogP contribution in [0.2, 0.25) is 0 Å². The van der Waals surface area contributed by atoms with Gasteiger partial charge in [-0.1, -0.05) is 6.07 Å². The molecule has 1 aliphatic heterocycles. The van der Waals surface area contributed by atoms with Gasteiger partial charge in [0.1, 0.15) is 11.6 Å². The van der Waals surface area contributed by atoms with Gasteiger partial charge in [0.2, 0.25) is 5.96 Å². The van der Waals surface area contributed by atoms with E-state index in [1.807, 2.05) is 30.1 Å². The summed E-state index contributed by atoms with van der Waals surface area (Å²) in [6.45, 7) is 0. The maximum Gasteiger partial charge on any atom is 0.215 e. The molecule has 1 aromatic heterocycles. The van der Waals surface area contributed by atoms with Gasteiger partial charge in [0.15, 0.2) is 0 Å². The third-order valence-electron chi connectivity index (χ3n) is 2.71. The van der Waals surface area contributed by atoms with Gasteiger partial charge in [-0.25, -0.2) is 14.4 Å². The molecule has 1 aromatic carbocycles. The fourth-order valence-corrected chi connectivity index (χ4v) is 2.43. The number of rotatable bonds is 1. The Bertz CT molecular complexity index is 630. The molecule has 0 radical (unpaired) electrons. The van der Waals surface area contributed by atoms with Crippen molar-refractivity contribution in [2.45, 2.75) is 4.90 Å². The number of fused-ring (bicyclic) bond motifs is 1. The molecule has 0 atom stereocenters. The Kier molecular flexibility index (Phi) is 3.08. The van der Waals surface area contributed by atoms with Crippen LogP contribution in [0.15, 0.2) is 52.5 Å². The zero-order valence-corrected chi connectivity index (χ0v) is 11.0. The number of aliphatic imine (C=N–C) groups is 1. The Labute approximate surface area is 114 Å². The van der Waals surface area contributed by atoms with Gasteiger partial charge in [0, 0.05) is 19.3 Å². The highest BCUT2D eigenvalue weighted by Gasteiger charge is 2.17. The Morgan fingerprint density at radius 1 is 1.26 bits per heavy atom. The van der Waals surface area contributed by atoms with Gasteiger partial charge in [-0.05, 0) is 36.2 Å². The van der Waals surface area contributed by atoms with Crippen LogP contribution in [-0.2, 0) is 0 Å². The number of aromatic nitrogens is 1. The first-order valence-electron chi connectivity index (χ1n) is 5.70. The quantitative estimate of drug-likeness (QED) is 0.812. The van der Waals surface area contributed by atoms with Crippen molar-refractivity contribution in [3.8, 4) is 0 Å². The van der Waals surface area contributed by atoms with Gasteiger partial charge in [0.25, 0.3) is 0 Å². The number of nitrogens with zero attached hydrogens (tertiary/aromatic N) is 3. The Morgan fingerprint density at radius 3 is 2.95 bits per heavy atom. The van der Waals surface area contributed by atoms with Gasteiger partial charge in [-0.2, -0.15) is 0 Å². The van der Waals surface area contributed by atoms with Crippen LogP contribution >= 0.6 is 11.9 Å². The molecule has 0 saturated carbocycles. The van der Waals surface area contributed by atoms with Gasteiger partial charge < -0.3 is 0 Å². The van der Waals surface area contributed by atoms with E-state index in [1.165, 1.54) is 24.1 Å². The minimum absolute atomic E-state index is 0.287. The van der Waals surface area contributed by atoms with E-state index in [-0.39, 0.29) is 5.82 Å². The molecule has 2 heterocycles. The van der Waals surface area contributed by atoms with Crippen molar-refractivity contribution in [3.63, 3.8) is 0 Å². The van der Waals surface area contributed by atoms with Gasteiger partial charge in [-0.3, -0.25) is 9.62 Å². The summed E-state index contributed by atoms with van der Waals surface area (Å²) in [4.78, 5) is 11.4. The zero-order chi connectivity index (χ0) is 13.2. The van der Waals surface area contributed by atoms with Crippen molar-refractivity contribution < 1.29 is 4.39 Å². The molecule has 96 valence electrons. The molecule has 0 amide bonds. The number of guanidine groups is 1. The van der Waals surface area contributed by atoms with Crippen molar-refractivity contribution in [1.82, 2.24) is 9.71 Å². The second kappa shape index (κ2) is 4.89. The SMILES string of the molecule is CN(C1=Nc2cc(F)ccc2SN1)c1ccccn1. The molecule has 4 nitrogen and oxygen atoms in total. The smallest absolute Gasteiger partial charge is 0.215 e. The molecule has 0 fully saturated rings. The number of benzene rings is 1. The molecule has 3 rings (SSSR count). The lowest BCUT2D eigenvalue weighted by Gasteiger charge is -2.24. The first-order chi connectivity index (χ1) is 9.24. The van der Waals surface area contributed by atoms with E-state index in [2.05, 4.69) is 14.7 Å². The molecule has 2 aromatic rings. The predicted octanol–water partition coefficient (Wildman–Crippen LogP) is 2.95. The minimum atomic E-state index is -0.287. The van der Waals surface area contributed by atoms with Crippen molar-refractivity contribution in [2.24, 2.45) is 4.99 Å². The number of hydrogen-bond donors (Lipinski definition) is 1.